The van der Waals surface area contributed by atoms with Gasteiger partial charge in [-0.05, 0) is 67.6 Å². The number of fused-ring (bicyclic) bond motifs is 1. The van der Waals surface area contributed by atoms with E-state index in [1.807, 2.05) is 18.2 Å². The summed E-state index contributed by atoms with van der Waals surface area (Å²) in [6.07, 6.45) is 0. The summed E-state index contributed by atoms with van der Waals surface area (Å²) in [5.41, 5.74) is 0.965. The number of hydrogen-bond donors (Lipinski definition) is 1. The lowest BCUT2D eigenvalue weighted by Gasteiger charge is -2.42. The standard InChI is InChI=1S/C20H19ClN6O2S/c1-12(30-19-23-24-25-27(19)14-10-8-13(21)9-11-14)17(28)26-16-7-5-4-6-15(16)22-18(29)20(26,2)3/h4-12H,1-3H3,(H,22,29). The number of nitrogens with zero attached hydrogens (tertiary/aromatic N) is 5. The van der Waals surface area contributed by atoms with E-state index in [2.05, 4.69) is 20.8 Å². The summed E-state index contributed by atoms with van der Waals surface area (Å²) in [5, 5.41) is 15.2. The van der Waals surface area contributed by atoms with Crippen LogP contribution in [0.1, 0.15) is 20.8 Å². The molecule has 10 heteroatoms. The van der Waals surface area contributed by atoms with Crippen molar-refractivity contribution in [1.82, 2.24) is 20.2 Å². The van der Waals surface area contributed by atoms with Gasteiger partial charge in [-0.1, -0.05) is 35.5 Å². The molecule has 4 rings (SSSR count). The molecule has 2 amide bonds. The topological polar surface area (TPSA) is 93.0 Å². The molecule has 8 nitrogen and oxygen atoms in total. The van der Waals surface area contributed by atoms with Crippen molar-refractivity contribution in [2.45, 2.75) is 36.7 Å². The summed E-state index contributed by atoms with van der Waals surface area (Å²) in [6.45, 7) is 5.23. The van der Waals surface area contributed by atoms with E-state index in [-0.39, 0.29) is 11.8 Å². The van der Waals surface area contributed by atoms with E-state index in [1.165, 1.54) is 11.8 Å². The third-order valence-corrected chi connectivity index (χ3v) is 6.14. The first-order valence-electron chi connectivity index (χ1n) is 9.24. The molecule has 1 aliphatic heterocycles. The summed E-state index contributed by atoms with van der Waals surface area (Å²) in [5.74, 6) is -0.448. The Kier molecular flexibility index (Phi) is 5.25. The monoisotopic (exact) mass is 442 g/mol. The van der Waals surface area contributed by atoms with Gasteiger partial charge in [0.15, 0.2) is 0 Å². The molecular formula is C20H19ClN6O2S. The third-order valence-electron chi connectivity index (χ3n) is 4.87. The lowest BCUT2D eigenvalue weighted by atomic mass is 9.96. The van der Waals surface area contributed by atoms with Gasteiger partial charge in [-0.2, -0.15) is 4.68 Å². The van der Waals surface area contributed by atoms with E-state index in [4.69, 9.17) is 11.6 Å². The Morgan fingerprint density at radius 1 is 1.17 bits per heavy atom. The van der Waals surface area contributed by atoms with Crippen LogP contribution in [-0.2, 0) is 9.59 Å². The Hall–Kier alpha value is -2.91. The molecule has 1 unspecified atom stereocenters. The second-order valence-electron chi connectivity index (χ2n) is 7.31. The van der Waals surface area contributed by atoms with Crippen molar-refractivity contribution in [3.05, 3.63) is 53.6 Å². The number of benzene rings is 2. The Morgan fingerprint density at radius 2 is 1.87 bits per heavy atom. The lowest BCUT2D eigenvalue weighted by Crippen LogP contribution is -2.60. The van der Waals surface area contributed by atoms with Crippen LogP contribution in [0.15, 0.2) is 53.7 Å². The van der Waals surface area contributed by atoms with Crippen LogP contribution in [0.5, 0.6) is 0 Å². The fourth-order valence-electron chi connectivity index (χ4n) is 3.23. The van der Waals surface area contributed by atoms with Crippen LogP contribution in [0.25, 0.3) is 5.69 Å². The highest BCUT2D eigenvalue weighted by Gasteiger charge is 2.45. The van der Waals surface area contributed by atoms with Gasteiger partial charge in [0, 0.05) is 5.02 Å². The molecule has 1 aliphatic rings. The Balaban J connectivity index is 1.63. The second-order valence-corrected chi connectivity index (χ2v) is 9.06. The Labute approximate surface area is 182 Å². The SMILES string of the molecule is CC(Sc1nnnn1-c1ccc(Cl)cc1)C(=O)N1c2ccccc2NC(=O)C1(C)C. The van der Waals surface area contributed by atoms with Gasteiger partial charge in [0.2, 0.25) is 17.0 Å². The molecule has 154 valence electrons. The highest BCUT2D eigenvalue weighted by atomic mass is 35.5. The van der Waals surface area contributed by atoms with Gasteiger partial charge >= 0.3 is 0 Å². The summed E-state index contributed by atoms with van der Waals surface area (Å²) >= 11 is 7.18. The molecular weight excluding hydrogens is 424 g/mol. The summed E-state index contributed by atoms with van der Waals surface area (Å²) in [4.78, 5) is 27.7. The number of nitrogens with one attached hydrogen (secondary N) is 1. The molecule has 0 bridgehead atoms. The first kappa shape index (κ1) is 20.4. The number of para-hydroxylation sites is 2. The number of carbonyl (C=O) groups is 2. The predicted octanol–water partition coefficient (Wildman–Crippen LogP) is 3.56. The number of hydrogen-bond acceptors (Lipinski definition) is 6. The molecule has 1 aromatic heterocycles. The molecule has 0 radical (unpaired) electrons. The zero-order valence-corrected chi connectivity index (χ0v) is 18.1. The van der Waals surface area contributed by atoms with Gasteiger partial charge in [0.25, 0.3) is 0 Å². The molecule has 1 N–H and O–H groups in total. The fourth-order valence-corrected chi connectivity index (χ4v) is 4.21. The van der Waals surface area contributed by atoms with Crippen molar-refractivity contribution in [2.24, 2.45) is 0 Å². The highest BCUT2D eigenvalue weighted by Crippen LogP contribution is 2.38. The number of halogens is 1. The number of tetrazole rings is 1. The van der Waals surface area contributed by atoms with Crippen molar-refractivity contribution in [3.63, 3.8) is 0 Å². The smallest absolute Gasteiger partial charge is 0.250 e. The van der Waals surface area contributed by atoms with E-state index in [9.17, 15) is 9.59 Å². The maximum Gasteiger partial charge on any atom is 0.250 e. The molecule has 0 aliphatic carbocycles. The van der Waals surface area contributed by atoms with Crippen LogP contribution >= 0.6 is 23.4 Å². The highest BCUT2D eigenvalue weighted by molar-refractivity contribution is 8.00. The molecule has 0 saturated carbocycles. The zero-order chi connectivity index (χ0) is 21.5. The van der Waals surface area contributed by atoms with Crippen LogP contribution in [0.2, 0.25) is 5.02 Å². The molecule has 30 heavy (non-hydrogen) atoms. The number of thioether (sulfide) groups is 1. The van der Waals surface area contributed by atoms with Crippen molar-refractivity contribution < 1.29 is 9.59 Å². The minimum atomic E-state index is -1.04. The molecule has 0 fully saturated rings. The van der Waals surface area contributed by atoms with Gasteiger partial charge in [-0.25, -0.2) is 0 Å². The van der Waals surface area contributed by atoms with Gasteiger partial charge in [-0.15, -0.1) is 5.10 Å². The van der Waals surface area contributed by atoms with Crippen LogP contribution in [-0.4, -0.2) is 42.8 Å². The Morgan fingerprint density at radius 3 is 2.60 bits per heavy atom. The molecule has 0 spiro atoms. The van der Waals surface area contributed by atoms with Crippen molar-refractivity contribution in [2.75, 3.05) is 10.2 Å². The van der Waals surface area contributed by atoms with E-state index >= 15 is 0 Å². The minimum absolute atomic E-state index is 0.210. The fraction of sp³-hybridized carbons (Fsp3) is 0.250. The first-order valence-corrected chi connectivity index (χ1v) is 10.5. The molecule has 0 saturated heterocycles. The maximum atomic E-state index is 13.5. The summed E-state index contributed by atoms with van der Waals surface area (Å²) in [6, 6.07) is 14.3. The minimum Gasteiger partial charge on any atom is -0.322 e. The number of rotatable bonds is 4. The lowest BCUT2D eigenvalue weighted by molar-refractivity contribution is -0.126. The van der Waals surface area contributed by atoms with Gasteiger partial charge < -0.3 is 5.32 Å². The molecule has 2 heterocycles. The van der Waals surface area contributed by atoms with Gasteiger partial charge in [0.1, 0.15) is 5.54 Å². The number of anilines is 2. The van der Waals surface area contributed by atoms with Crippen LogP contribution in [0.4, 0.5) is 11.4 Å². The van der Waals surface area contributed by atoms with E-state index < -0.39 is 10.8 Å². The van der Waals surface area contributed by atoms with Crippen LogP contribution in [0.3, 0.4) is 0 Å². The van der Waals surface area contributed by atoms with Crippen molar-refractivity contribution in [1.29, 1.82) is 0 Å². The average molecular weight is 443 g/mol. The number of carbonyl (C=O) groups excluding carboxylic acids is 2. The van der Waals surface area contributed by atoms with Gasteiger partial charge in [-0.3, -0.25) is 14.5 Å². The molecule has 1 atom stereocenters. The van der Waals surface area contributed by atoms with Crippen molar-refractivity contribution in [3.8, 4) is 5.69 Å². The summed E-state index contributed by atoms with van der Waals surface area (Å²) < 4.78 is 1.55. The second kappa shape index (κ2) is 7.73. The quantitative estimate of drug-likeness (QED) is 0.621. The summed E-state index contributed by atoms with van der Waals surface area (Å²) in [7, 11) is 0. The largest absolute Gasteiger partial charge is 0.322 e. The van der Waals surface area contributed by atoms with Gasteiger partial charge in [0.05, 0.1) is 22.3 Å². The van der Waals surface area contributed by atoms with Crippen LogP contribution < -0.4 is 10.2 Å². The van der Waals surface area contributed by atoms with Crippen molar-refractivity contribution >= 4 is 46.6 Å². The van der Waals surface area contributed by atoms with E-state index in [0.29, 0.717) is 21.6 Å². The first-order chi connectivity index (χ1) is 14.3. The third kappa shape index (κ3) is 3.54. The average Bonchev–Trinajstić information content (AvgIpc) is 3.17. The number of amides is 2. The molecule has 3 aromatic rings. The van der Waals surface area contributed by atoms with E-state index in [1.54, 1.807) is 60.7 Å². The maximum absolute atomic E-state index is 13.5. The normalized spacial score (nSPS) is 16.0. The number of aromatic nitrogens is 4. The predicted molar refractivity (Wildman–Crippen MR) is 116 cm³/mol. The molecule has 2 aromatic carbocycles. The van der Waals surface area contributed by atoms with Crippen LogP contribution in [0, 0.1) is 0 Å². The Bertz CT molecular complexity index is 1110. The van der Waals surface area contributed by atoms with E-state index in [0.717, 1.165) is 5.69 Å². The zero-order valence-electron chi connectivity index (χ0n) is 16.5.